The van der Waals surface area contributed by atoms with E-state index in [2.05, 4.69) is 30.1 Å². The van der Waals surface area contributed by atoms with E-state index in [0.717, 1.165) is 38.9 Å². The van der Waals surface area contributed by atoms with Gasteiger partial charge in [-0.3, -0.25) is 4.79 Å². The third kappa shape index (κ3) is 4.50. The second-order valence-electron chi connectivity index (χ2n) is 6.96. The van der Waals surface area contributed by atoms with Crippen LogP contribution >= 0.6 is 0 Å². The molecule has 4 nitrogen and oxygen atoms in total. The fourth-order valence-electron chi connectivity index (χ4n) is 3.50. The lowest BCUT2D eigenvalue weighted by Gasteiger charge is -2.37. The van der Waals surface area contributed by atoms with Crippen molar-refractivity contribution in [3.63, 3.8) is 0 Å². The number of nitriles is 1. The summed E-state index contributed by atoms with van der Waals surface area (Å²) in [4.78, 5) is 17.5. The highest BCUT2D eigenvalue weighted by molar-refractivity contribution is 5.94. The molecule has 26 heavy (non-hydrogen) atoms. The van der Waals surface area contributed by atoms with Gasteiger partial charge in [0.15, 0.2) is 0 Å². The highest BCUT2D eigenvalue weighted by Gasteiger charge is 2.27. The van der Waals surface area contributed by atoms with Gasteiger partial charge >= 0.3 is 0 Å². The van der Waals surface area contributed by atoms with Gasteiger partial charge in [-0.1, -0.05) is 30.3 Å². The minimum Gasteiger partial charge on any atom is -0.335 e. The highest BCUT2D eigenvalue weighted by atomic mass is 16.2. The molecule has 2 aromatic rings. The largest absolute Gasteiger partial charge is 0.335 e. The van der Waals surface area contributed by atoms with Crippen LogP contribution in [0.2, 0.25) is 0 Å². The molecule has 0 N–H and O–H groups in total. The molecule has 0 unspecified atom stereocenters. The fraction of sp³-hybridized carbons (Fsp3) is 0.364. The van der Waals surface area contributed by atoms with Crippen LogP contribution < -0.4 is 0 Å². The van der Waals surface area contributed by atoms with E-state index in [0.29, 0.717) is 11.1 Å². The second kappa shape index (κ2) is 8.64. The average Bonchev–Trinajstić information content (AvgIpc) is 2.70. The predicted molar refractivity (Wildman–Crippen MR) is 103 cm³/mol. The van der Waals surface area contributed by atoms with Crippen LogP contribution in [0.25, 0.3) is 0 Å². The zero-order chi connectivity index (χ0) is 18.4. The Balaban J connectivity index is 1.76. The van der Waals surface area contributed by atoms with Crippen molar-refractivity contribution in [1.29, 1.82) is 5.26 Å². The van der Waals surface area contributed by atoms with Gasteiger partial charge in [0, 0.05) is 18.2 Å². The number of likely N-dealkylation sites (tertiary alicyclic amines) is 1. The minimum atomic E-state index is 0.0694. The molecule has 0 aliphatic carbocycles. The van der Waals surface area contributed by atoms with Crippen molar-refractivity contribution in [1.82, 2.24) is 9.80 Å². The summed E-state index contributed by atoms with van der Waals surface area (Å²) in [5, 5.41) is 8.97. The lowest BCUT2D eigenvalue weighted by Crippen LogP contribution is -2.47. The molecule has 3 rings (SSSR count). The molecule has 0 saturated carbocycles. The summed E-state index contributed by atoms with van der Waals surface area (Å²) in [6.07, 6.45) is 2.87. The lowest BCUT2D eigenvalue weighted by atomic mass is 10.0. The molecule has 1 aliphatic heterocycles. The van der Waals surface area contributed by atoms with Crippen LogP contribution in [-0.2, 0) is 6.42 Å². The first-order valence-electron chi connectivity index (χ1n) is 9.21. The van der Waals surface area contributed by atoms with Crippen LogP contribution in [0.3, 0.4) is 0 Å². The molecule has 1 fully saturated rings. The smallest absolute Gasteiger partial charge is 0.254 e. The fourth-order valence-corrected chi connectivity index (χ4v) is 3.50. The van der Waals surface area contributed by atoms with E-state index in [9.17, 15) is 4.79 Å². The van der Waals surface area contributed by atoms with E-state index >= 15 is 0 Å². The number of benzene rings is 2. The van der Waals surface area contributed by atoms with Gasteiger partial charge in [0.2, 0.25) is 0 Å². The third-order valence-electron chi connectivity index (χ3n) is 5.13. The van der Waals surface area contributed by atoms with Crippen molar-refractivity contribution in [2.75, 3.05) is 26.7 Å². The highest BCUT2D eigenvalue weighted by Crippen LogP contribution is 2.19. The zero-order valence-corrected chi connectivity index (χ0v) is 15.3. The first kappa shape index (κ1) is 18.2. The lowest BCUT2D eigenvalue weighted by molar-refractivity contribution is 0.0594. The average molecular weight is 347 g/mol. The van der Waals surface area contributed by atoms with Gasteiger partial charge in [0.25, 0.3) is 5.91 Å². The van der Waals surface area contributed by atoms with Gasteiger partial charge in [0.05, 0.1) is 11.6 Å². The number of piperidine rings is 1. The van der Waals surface area contributed by atoms with Crippen molar-refractivity contribution >= 4 is 5.91 Å². The Labute approximate surface area is 155 Å². The number of hydrogen-bond donors (Lipinski definition) is 0. The van der Waals surface area contributed by atoms with E-state index in [1.165, 1.54) is 5.56 Å². The first-order valence-corrected chi connectivity index (χ1v) is 9.21. The molecular formula is C22H25N3O. The van der Waals surface area contributed by atoms with Crippen LogP contribution in [-0.4, -0.2) is 48.4 Å². The summed E-state index contributed by atoms with van der Waals surface area (Å²) in [5.41, 5.74) is 2.49. The molecule has 1 amide bonds. The Kier molecular flexibility index (Phi) is 6.04. The predicted octanol–water partition coefficient (Wildman–Crippen LogP) is 3.34. The van der Waals surface area contributed by atoms with Crippen LogP contribution in [0.1, 0.15) is 34.3 Å². The standard InChI is InChI=1S/C22H25N3O/c1-24-14-12-21(13-15-24)25(16-11-18-5-3-2-4-6-18)22(26)20-9-7-19(17-23)8-10-20/h2-10,21H,11-16H2,1H3. The molecular weight excluding hydrogens is 322 g/mol. The van der Waals surface area contributed by atoms with Gasteiger partial charge in [0.1, 0.15) is 0 Å². The molecule has 1 saturated heterocycles. The van der Waals surface area contributed by atoms with Crippen LogP contribution in [0.5, 0.6) is 0 Å². The Bertz CT molecular complexity index is 756. The molecule has 2 aromatic carbocycles. The van der Waals surface area contributed by atoms with Crippen molar-refractivity contribution < 1.29 is 4.79 Å². The van der Waals surface area contributed by atoms with E-state index in [1.54, 1.807) is 24.3 Å². The Morgan fingerprint density at radius 2 is 1.77 bits per heavy atom. The van der Waals surface area contributed by atoms with Crippen LogP contribution in [0.4, 0.5) is 0 Å². The van der Waals surface area contributed by atoms with E-state index in [4.69, 9.17) is 5.26 Å². The molecule has 0 spiro atoms. The third-order valence-corrected chi connectivity index (χ3v) is 5.13. The van der Waals surface area contributed by atoms with Crippen molar-refractivity contribution in [2.45, 2.75) is 25.3 Å². The normalized spacial score (nSPS) is 15.4. The van der Waals surface area contributed by atoms with Gasteiger partial charge in [-0.15, -0.1) is 0 Å². The number of nitrogens with zero attached hydrogens (tertiary/aromatic N) is 3. The van der Waals surface area contributed by atoms with Crippen molar-refractivity contribution in [3.8, 4) is 6.07 Å². The molecule has 4 heteroatoms. The maximum absolute atomic E-state index is 13.2. The summed E-state index contributed by atoms with van der Waals surface area (Å²) in [6.45, 7) is 2.76. The van der Waals surface area contributed by atoms with Crippen molar-refractivity contribution in [2.24, 2.45) is 0 Å². The molecule has 0 bridgehead atoms. The summed E-state index contributed by atoms with van der Waals surface area (Å²) in [7, 11) is 2.13. The maximum Gasteiger partial charge on any atom is 0.254 e. The van der Waals surface area contributed by atoms with Crippen LogP contribution in [0, 0.1) is 11.3 Å². The Hall–Kier alpha value is -2.64. The van der Waals surface area contributed by atoms with Gasteiger partial charge in [-0.25, -0.2) is 0 Å². The minimum absolute atomic E-state index is 0.0694. The van der Waals surface area contributed by atoms with Gasteiger partial charge in [-0.2, -0.15) is 5.26 Å². The van der Waals surface area contributed by atoms with Crippen LogP contribution in [0.15, 0.2) is 54.6 Å². The monoisotopic (exact) mass is 347 g/mol. The van der Waals surface area contributed by atoms with Gasteiger partial charge in [-0.05, 0) is 69.2 Å². The van der Waals surface area contributed by atoms with E-state index in [-0.39, 0.29) is 11.9 Å². The maximum atomic E-state index is 13.2. The van der Waals surface area contributed by atoms with E-state index in [1.807, 2.05) is 23.1 Å². The summed E-state index contributed by atoms with van der Waals surface area (Å²) >= 11 is 0. The Morgan fingerprint density at radius 3 is 2.38 bits per heavy atom. The molecule has 0 radical (unpaired) electrons. The number of carbonyl (C=O) groups excluding carboxylic acids is 1. The SMILES string of the molecule is CN1CCC(N(CCc2ccccc2)C(=O)c2ccc(C#N)cc2)CC1. The molecule has 0 atom stereocenters. The quantitative estimate of drug-likeness (QED) is 0.833. The van der Waals surface area contributed by atoms with Gasteiger partial charge < -0.3 is 9.80 Å². The molecule has 1 aliphatic rings. The van der Waals surface area contributed by atoms with Crippen molar-refractivity contribution in [3.05, 3.63) is 71.3 Å². The van der Waals surface area contributed by atoms with E-state index < -0.39 is 0 Å². The zero-order valence-electron chi connectivity index (χ0n) is 15.3. The number of carbonyl (C=O) groups is 1. The number of amides is 1. The summed E-state index contributed by atoms with van der Waals surface area (Å²) in [5.74, 6) is 0.0694. The number of rotatable bonds is 5. The Morgan fingerprint density at radius 1 is 1.12 bits per heavy atom. The second-order valence-corrected chi connectivity index (χ2v) is 6.96. The molecule has 134 valence electrons. The summed E-state index contributed by atoms with van der Waals surface area (Å²) < 4.78 is 0. The number of hydrogen-bond acceptors (Lipinski definition) is 3. The molecule has 1 heterocycles. The molecule has 0 aromatic heterocycles. The topological polar surface area (TPSA) is 47.3 Å². The summed E-state index contributed by atoms with van der Waals surface area (Å²) in [6, 6.07) is 19.7. The first-order chi connectivity index (χ1) is 12.7.